The van der Waals surface area contributed by atoms with Gasteiger partial charge < -0.3 is 9.90 Å². The van der Waals surface area contributed by atoms with E-state index in [0.29, 0.717) is 5.56 Å². The summed E-state index contributed by atoms with van der Waals surface area (Å²) in [6.45, 7) is 0. The van der Waals surface area contributed by atoms with Gasteiger partial charge >= 0.3 is 0 Å². The number of aliphatic carboxylic acids is 1. The monoisotopic (exact) mass is 413 g/mol. The molecule has 2 aromatic carbocycles. The van der Waals surface area contributed by atoms with E-state index >= 15 is 0 Å². The molecule has 28 heavy (non-hydrogen) atoms. The summed E-state index contributed by atoms with van der Waals surface area (Å²) >= 11 is 6.17. The van der Waals surface area contributed by atoms with Gasteiger partial charge in [0.25, 0.3) is 11.6 Å². The molecule has 2 aromatic rings. The molecule has 1 saturated heterocycles. The van der Waals surface area contributed by atoms with E-state index in [0.717, 1.165) is 22.2 Å². The molecule has 0 N–H and O–H groups in total. The highest BCUT2D eigenvalue weighted by Crippen LogP contribution is 2.35. The zero-order chi connectivity index (χ0) is 20.3. The summed E-state index contributed by atoms with van der Waals surface area (Å²) in [4.78, 5) is 36.1. The molecule has 1 fully saturated rings. The van der Waals surface area contributed by atoms with Crippen molar-refractivity contribution in [1.29, 1.82) is 0 Å². The van der Waals surface area contributed by atoms with E-state index in [1.54, 1.807) is 36.4 Å². The molecular formula is C19H13N2O5S2-. The van der Waals surface area contributed by atoms with Crippen LogP contribution in [0.25, 0.3) is 6.08 Å². The van der Waals surface area contributed by atoms with Crippen LogP contribution in [0.4, 0.5) is 5.69 Å². The van der Waals surface area contributed by atoms with E-state index in [4.69, 9.17) is 12.2 Å². The first kappa shape index (κ1) is 19.7. The molecular weight excluding hydrogens is 400 g/mol. The van der Waals surface area contributed by atoms with Crippen molar-refractivity contribution in [3.8, 4) is 0 Å². The van der Waals surface area contributed by atoms with Gasteiger partial charge in [0.2, 0.25) is 0 Å². The number of carboxylic acids is 1. The number of benzene rings is 2. The van der Waals surface area contributed by atoms with Gasteiger partial charge in [-0.25, -0.2) is 0 Å². The van der Waals surface area contributed by atoms with Crippen LogP contribution in [-0.2, 0) is 16.0 Å². The maximum atomic E-state index is 12.8. The number of carbonyl (C=O) groups is 2. The number of carboxylic acid groups (broad SMARTS) is 1. The SMILES string of the molecule is O=C([O-])[C@@H](Cc1ccccc1)N1C(=O)/C(=C\c2cccc([N+](=O)[O-])c2)SC1=S. The van der Waals surface area contributed by atoms with Crippen molar-refractivity contribution >= 4 is 51.9 Å². The first-order valence-electron chi connectivity index (χ1n) is 8.13. The van der Waals surface area contributed by atoms with E-state index in [-0.39, 0.29) is 21.3 Å². The third-order valence-corrected chi connectivity index (χ3v) is 5.39. The average Bonchev–Trinajstić information content (AvgIpc) is 2.94. The first-order valence-corrected chi connectivity index (χ1v) is 9.35. The highest BCUT2D eigenvalue weighted by molar-refractivity contribution is 8.26. The van der Waals surface area contributed by atoms with Crippen molar-refractivity contribution < 1.29 is 19.6 Å². The van der Waals surface area contributed by atoms with Crippen molar-refractivity contribution in [1.82, 2.24) is 4.90 Å². The summed E-state index contributed by atoms with van der Waals surface area (Å²) in [5.41, 5.74) is 1.07. The Labute approximate surface area is 169 Å². The van der Waals surface area contributed by atoms with E-state index < -0.39 is 22.8 Å². The Morgan fingerprint density at radius 2 is 1.93 bits per heavy atom. The number of carbonyl (C=O) groups excluding carboxylic acids is 2. The van der Waals surface area contributed by atoms with E-state index in [9.17, 15) is 24.8 Å². The van der Waals surface area contributed by atoms with Crippen molar-refractivity contribution in [3.63, 3.8) is 0 Å². The summed E-state index contributed by atoms with van der Waals surface area (Å²) in [5, 5.41) is 22.6. The third-order valence-electron chi connectivity index (χ3n) is 4.06. The fourth-order valence-electron chi connectivity index (χ4n) is 2.75. The molecule has 0 bridgehead atoms. The molecule has 1 atom stereocenters. The molecule has 0 saturated carbocycles. The Bertz CT molecular complexity index is 991. The molecule has 1 aliphatic heterocycles. The Morgan fingerprint density at radius 3 is 2.57 bits per heavy atom. The molecule has 1 aliphatic rings. The normalized spacial score (nSPS) is 16.4. The molecule has 0 unspecified atom stereocenters. The second kappa shape index (κ2) is 8.32. The number of thiocarbonyl (C=S) groups is 1. The fourth-order valence-corrected chi connectivity index (χ4v) is 4.10. The van der Waals surface area contributed by atoms with Gasteiger partial charge in [0, 0.05) is 12.1 Å². The predicted octanol–water partition coefficient (Wildman–Crippen LogP) is 2.16. The predicted molar refractivity (Wildman–Crippen MR) is 107 cm³/mol. The summed E-state index contributed by atoms with van der Waals surface area (Å²) in [6.07, 6.45) is 1.51. The summed E-state index contributed by atoms with van der Waals surface area (Å²) in [5.74, 6) is -1.97. The number of hydrogen-bond acceptors (Lipinski definition) is 7. The van der Waals surface area contributed by atoms with Gasteiger partial charge in [0.1, 0.15) is 4.32 Å². The molecule has 3 rings (SSSR count). The Morgan fingerprint density at radius 1 is 1.21 bits per heavy atom. The Hall–Kier alpha value is -3.04. The number of nitrogens with zero attached hydrogens (tertiary/aromatic N) is 2. The number of nitro benzene ring substituents is 1. The smallest absolute Gasteiger partial charge is 0.270 e. The zero-order valence-electron chi connectivity index (χ0n) is 14.3. The minimum Gasteiger partial charge on any atom is -0.548 e. The summed E-state index contributed by atoms with van der Waals surface area (Å²) in [6, 6.07) is 13.4. The van der Waals surface area contributed by atoms with E-state index in [1.165, 1.54) is 24.3 Å². The molecule has 7 nitrogen and oxygen atoms in total. The molecule has 9 heteroatoms. The zero-order valence-corrected chi connectivity index (χ0v) is 15.9. The van der Waals surface area contributed by atoms with Gasteiger partial charge in [-0.1, -0.05) is 66.4 Å². The molecule has 0 radical (unpaired) electrons. The van der Waals surface area contributed by atoms with E-state index in [2.05, 4.69) is 0 Å². The number of thioether (sulfide) groups is 1. The minimum absolute atomic E-state index is 0.0553. The van der Waals surface area contributed by atoms with Crippen LogP contribution in [0.15, 0.2) is 59.5 Å². The van der Waals surface area contributed by atoms with Crippen molar-refractivity contribution in [2.24, 2.45) is 0 Å². The van der Waals surface area contributed by atoms with Gasteiger partial charge in [-0.05, 0) is 23.6 Å². The second-order valence-electron chi connectivity index (χ2n) is 5.93. The van der Waals surface area contributed by atoms with Crippen LogP contribution in [0.2, 0.25) is 0 Å². The lowest BCUT2D eigenvalue weighted by atomic mass is 10.0. The minimum atomic E-state index is -1.41. The van der Waals surface area contributed by atoms with Crippen LogP contribution < -0.4 is 5.11 Å². The van der Waals surface area contributed by atoms with Crippen molar-refractivity contribution in [2.75, 3.05) is 0 Å². The quantitative estimate of drug-likeness (QED) is 0.309. The molecule has 142 valence electrons. The maximum Gasteiger partial charge on any atom is 0.270 e. The number of hydrogen-bond donors (Lipinski definition) is 0. The Kier molecular flexibility index (Phi) is 5.86. The fraction of sp³-hybridized carbons (Fsp3) is 0.105. The van der Waals surface area contributed by atoms with Gasteiger partial charge in [0.05, 0.1) is 21.8 Å². The second-order valence-corrected chi connectivity index (χ2v) is 7.60. The van der Waals surface area contributed by atoms with Gasteiger partial charge in [-0.15, -0.1) is 0 Å². The van der Waals surface area contributed by atoms with E-state index in [1.807, 2.05) is 0 Å². The van der Waals surface area contributed by atoms with Crippen LogP contribution in [0, 0.1) is 10.1 Å². The third kappa shape index (κ3) is 4.26. The highest BCUT2D eigenvalue weighted by atomic mass is 32.2. The molecule has 0 spiro atoms. The summed E-state index contributed by atoms with van der Waals surface area (Å²) < 4.78 is 0.104. The van der Waals surface area contributed by atoms with Gasteiger partial charge in [-0.2, -0.15) is 0 Å². The van der Waals surface area contributed by atoms with Crippen LogP contribution in [0.5, 0.6) is 0 Å². The van der Waals surface area contributed by atoms with Crippen LogP contribution in [0.1, 0.15) is 11.1 Å². The lowest BCUT2D eigenvalue weighted by molar-refractivity contribution is -0.384. The van der Waals surface area contributed by atoms with Gasteiger partial charge in [-0.3, -0.25) is 19.8 Å². The largest absolute Gasteiger partial charge is 0.548 e. The van der Waals surface area contributed by atoms with Crippen LogP contribution >= 0.6 is 24.0 Å². The molecule has 1 amide bonds. The van der Waals surface area contributed by atoms with Crippen LogP contribution in [-0.4, -0.2) is 32.1 Å². The number of non-ortho nitro benzene ring substituents is 1. The topological polar surface area (TPSA) is 104 Å². The summed E-state index contributed by atoms with van der Waals surface area (Å²) in [7, 11) is 0. The molecule has 1 heterocycles. The Balaban J connectivity index is 1.88. The maximum absolute atomic E-state index is 12.8. The molecule has 0 aromatic heterocycles. The number of amides is 1. The van der Waals surface area contributed by atoms with Crippen molar-refractivity contribution in [2.45, 2.75) is 12.5 Å². The first-order chi connectivity index (χ1) is 13.4. The lowest BCUT2D eigenvalue weighted by Crippen LogP contribution is -2.51. The standard InChI is InChI=1S/C19H14N2O5S2/c22-17-16(11-13-7-4-8-14(9-13)21(25)26)28-19(27)20(17)15(18(23)24)10-12-5-2-1-3-6-12/h1-9,11,15H,10H2,(H,23,24)/p-1/b16-11+/t15-/m1/s1. The van der Waals surface area contributed by atoms with Crippen LogP contribution in [0.3, 0.4) is 0 Å². The lowest BCUT2D eigenvalue weighted by Gasteiger charge is -2.27. The molecule has 0 aliphatic carbocycles. The van der Waals surface area contributed by atoms with Gasteiger partial charge in [0.15, 0.2) is 0 Å². The highest BCUT2D eigenvalue weighted by Gasteiger charge is 2.37. The van der Waals surface area contributed by atoms with Crippen molar-refractivity contribution in [3.05, 3.63) is 80.7 Å². The number of rotatable bonds is 6. The average molecular weight is 413 g/mol. The number of nitro groups is 1.